The van der Waals surface area contributed by atoms with Crippen molar-refractivity contribution >= 4 is 6.09 Å². The number of benzene rings is 1. The molecule has 1 aromatic rings. The molecule has 150 valence electrons. The Hall–Kier alpha value is -1.99. The van der Waals surface area contributed by atoms with Crippen molar-refractivity contribution in [3.05, 3.63) is 23.3 Å². The van der Waals surface area contributed by atoms with Crippen molar-refractivity contribution in [3.8, 4) is 11.5 Å². The predicted octanol–water partition coefficient (Wildman–Crippen LogP) is 2.36. The molecule has 2 aliphatic heterocycles. The topological polar surface area (TPSA) is 86.1 Å². The Morgan fingerprint density at radius 1 is 1.22 bits per heavy atom. The van der Waals surface area contributed by atoms with Crippen LogP contribution in [0, 0.1) is 0 Å². The molecule has 0 aromatic heterocycles. The third kappa shape index (κ3) is 3.99. The second-order valence-electron chi connectivity index (χ2n) is 8.36. The van der Waals surface area contributed by atoms with Crippen LogP contribution < -0.4 is 20.5 Å². The molecule has 3 rings (SSSR count). The van der Waals surface area contributed by atoms with Crippen molar-refractivity contribution in [2.45, 2.75) is 57.3 Å². The van der Waals surface area contributed by atoms with Crippen molar-refractivity contribution in [1.82, 2.24) is 10.2 Å². The van der Waals surface area contributed by atoms with E-state index in [-0.39, 0.29) is 6.04 Å². The molecule has 2 atom stereocenters. The number of carbonyl (C=O) groups excluding carboxylic acids is 1. The zero-order chi connectivity index (χ0) is 19.8. The highest BCUT2D eigenvalue weighted by atomic mass is 16.6. The fraction of sp³-hybridized carbons (Fsp3) is 0.650. The summed E-state index contributed by atoms with van der Waals surface area (Å²) in [5.74, 6) is 1.39. The van der Waals surface area contributed by atoms with Crippen LogP contribution in [0.5, 0.6) is 11.5 Å². The van der Waals surface area contributed by atoms with Crippen molar-refractivity contribution < 1.29 is 19.0 Å². The average molecular weight is 377 g/mol. The Bertz CT molecular complexity index is 716. The maximum absolute atomic E-state index is 12.2. The largest absolute Gasteiger partial charge is 0.493 e. The molecule has 0 saturated carbocycles. The van der Waals surface area contributed by atoms with Crippen molar-refractivity contribution in [2.24, 2.45) is 5.73 Å². The number of hydrogen-bond donors (Lipinski definition) is 2. The minimum absolute atomic E-state index is 0.0415. The molecule has 0 spiro atoms. The zero-order valence-electron chi connectivity index (χ0n) is 16.9. The van der Waals surface area contributed by atoms with E-state index in [1.165, 1.54) is 5.56 Å². The number of nitrogens with zero attached hydrogens (tertiary/aromatic N) is 1. The van der Waals surface area contributed by atoms with Crippen LogP contribution >= 0.6 is 0 Å². The molecular weight excluding hydrogens is 346 g/mol. The monoisotopic (exact) mass is 377 g/mol. The van der Waals surface area contributed by atoms with Gasteiger partial charge in [-0.05, 0) is 56.9 Å². The first-order valence-electron chi connectivity index (χ1n) is 9.45. The van der Waals surface area contributed by atoms with E-state index in [1.807, 2.05) is 32.9 Å². The van der Waals surface area contributed by atoms with Crippen LogP contribution in [0.2, 0.25) is 0 Å². The summed E-state index contributed by atoms with van der Waals surface area (Å²) in [6.07, 6.45) is 1.99. The van der Waals surface area contributed by atoms with Gasteiger partial charge in [0.25, 0.3) is 0 Å². The van der Waals surface area contributed by atoms with Gasteiger partial charge in [0.2, 0.25) is 0 Å². The van der Waals surface area contributed by atoms with Crippen LogP contribution in [0.25, 0.3) is 0 Å². The van der Waals surface area contributed by atoms with Crippen LogP contribution in [-0.4, -0.2) is 49.9 Å². The van der Waals surface area contributed by atoms with Crippen LogP contribution in [0.3, 0.4) is 0 Å². The van der Waals surface area contributed by atoms with Gasteiger partial charge in [-0.25, -0.2) is 4.79 Å². The summed E-state index contributed by atoms with van der Waals surface area (Å²) in [5.41, 5.74) is 7.97. The first-order valence-corrected chi connectivity index (χ1v) is 9.45. The van der Waals surface area contributed by atoms with Gasteiger partial charge >= 0.3 is 6.09 Å². The molecule has 0 radical (unpaired) electrons. The standard InChI is InChI=1S/C20H31N3O4/c1-19(2,3)27-18(24)22-14-7-9-23-8-6-13-10-16(25-4)17(26-5)11-15(13)20(23,21)12-14/h10-11,14H,6-9,12,21H2,1-5H3,(H,22,24). The summed E-state index contributed by atoms with van der Waals surface area (Å²) in [6.45, 7) is 7.28. The van der Waals surface area contributed by atoms with Crippen LogP contribution in [0.15, 0.2) is 12.1 Å². The molecule has 7 heteroatoms. The first-order chi connectivity index (χ1) is 12.7. The van der Waals surface area contributed by atoms with Gasteiger partial charge in [0.05, 0.1) is 19.9 Å². The summed E-state index contributed by atoms with van der Waals surface area (Å²) in [6, 6.07) is 3.96. The third-order valence-electron chi connectivity index (χ3n) is 5.32. The quantitative estimate of drug-likeness (QED) is 0.841. The Morgan fingerprint density at radius 2 is 1.89 bits per heavy atom. The number of piperidine rings is 1. The molecule has 1 saturated heterocycles. The van der Waals surface area contributed by atoms with E-state index in [4.69, 9.17) is 19.9 Å². The Morgan fingerprint density at radius 3 is 2.52 bits per heavy atom. The van der Waals surface area contributed by atoms with Crippen molar-refractivity contribution in [3.63, 3.8) is 0 Å². The lowest BCUT2D eigenvalue weighted by molar-refractivity contribution is 0.0135. The number of fused-ring (bicyclic) bond motifs is 3. The summed E-state index contributed by atoms with van der Waals surface area (Å²) >= 11 is 0. The molecule has 7 nitrogen and oxygen atoms in total. The van der Waals surface area contributed by atoms with E-state index < -0.39 is 17.4 Å². The first kappa shape index (κ1) is 19.8. The average Bonchev–Trinajstić information content (AvgIpc) is 2.58. The zero-order valence-corrected chi connectivity index (χ0v) is 16.9. The van der Waals surface area contributed by atoms with Crippen LogP contribution in [0.1, 0.15) is 44.7 Å². The number of rotatable bonds is 3. The van der Waals surface area contributed by atoms with Crippen LogP contribution in [0.4, 0.5) is 4.79 Å². The number of methoxy groups -OCH3 is 2. The van der Waals surface area contributed by atoms with Gasteiger partial charge in [0.15, 0.2) is 11.5 Å². The third-order valence-corrected chi connectivity index (χ3v) is 5.32. The van der Waals surface area contributed by atoms with E-state index in [0.29, 0.717) is 17.9 Å². The fourth-order valence-corrected chi connectivity index (χ4v) is 4.09. The number of carbonyl (C=O) groups is 1. The van der Waals surface area contributed by atoms with Gasteiger partial charge in [-0.2, -0.15) is 0 Å². The van der Waals surface area contributed by atoms with Gasteiger partial charge in [-0.15, -0.1) is 0 Å². The van der Waals surface area contributed by atoms with Gasteiger partial charge in [0, 0.05) is 25.6 Å². The number of hydrogen-bond acceptors (Lipinski definition) is 6. The highest BCUT2D eigenvalue weighted by molar-refractivity contribution is 5.68. The normalized spacial score (nSPS) is 25.2. The molecule has 1 amide bonds. The van der Waals surface area contributed by atoms with E-state index in [9.17, 15) is 4.79 Å². The predicted molar refractivity (Wildman–Crippen MR) is 103 cm³/mol. The second kappa shape index (κ2) is 7.20. The van der Waals surface area contributed by atoms with Gasteiger partial charge < -0.3 is 25.3 Å². The Labute approximate surface area is 161 Å². The summed E-state index contributed by atoms with van der Waals surface area (Å²) in [7, 11) is 3.26. The Balaban J connectivity index is 1.84. The lowest BCUT2D eigenvalue weighted by atomic mass is 9.80. The maximum Gasteiger partial charge on any atom is 0.407 e. The fourth-order valence-electron chi connectivity index (χ4n) is 4.09. The highest BCUT2D eigenvalue weighted by Gasteiger charge is 2.45. The lowest BCUT2D eigenvalue weighted by Gasteiger charge is -2.51. The second-order valence-corrected chi connectivity index (χ2v) is 8.36. The molecule has 1 aromatic carbocycles. The van der Waals surface area contributed by atoms with Crippen molar-refractivity contribution in [1.29, 1.82) is 0 Å². The minimum atomic E-state index is -0.648. The highest BCUT2D eigenvalue weighted by Crippen LogP contribution is 2.43. The number of nitrogens with two attached hydrogens (primary N) is 1. The van der Waals surface area contributed by atoms with E-state index in [0.717, 1.165) is 31.5 Å². The number of amides is 1. The molecule has 27 heavy (non-hydrogen) atoms. The molecule has 1 fully saturated rings. The number of nitrogens with one attached hydrogen (secondary N) is 1. The minimum Gasteiger partial charge on any atom is -0.493 e. The van der Waals surface area contributed by atoms with Gasteiger partial charge in [0.1, 0.15) is 5.60 Å². The molecule has 0 aliphatic carbocycles. The molecular formula is C20H31N3O4. The van der Waals surface area contributed by atoms with E-state index in [2.05, 4.69) is 10.2 Å². The van der Waals surface area contributed by atoms with Crippen molar-refractivity contribution in [2.75, 3.05) is 27.3 Å². The van der Waals surface area contributed by atoms with E-state index >= 15 is 0 Å². The smallest absolute Gasteiger partial charge is 0.407 e. The summed E-state index contributed by atoms with van der Waals surface area (Å²) in [5, 5.41) is 2.99. The van der Waals surface area contributed by atoms with Gasteiger partial charge in [-0.3, -0.25) is 4.90 Å². The molecule has 2 aliphatic rings. The Kier molecular flexibility index (Phi) is 5.27. The SMILES string of the molecule is COc1cc2c(cc1OC)C1(N)CC(NC(=O)OC(C)(C)C)CCN1CC2. The summed E-state index contributed by atoms with van der Waals surface area (Å²) in [4.78, 5) is 14.5. The molecule has 3 N–H and O–H groups in total. The lowest BCUT2D eigenvalue weighted by Crippen LogP contribution is -2.63. The molecule has 2 unspecified atom stereocenters. The number of alkyl carbamates (subject to hydrolysis) is 1. The summed E-state index contributed by atoms with van der Waals surface area (Å²) < 4.78 is 16.3. The number of ether oxygens (including phenoxy) is 3. The van der Waals surface area contributed by atoms with Gasteiger partial charge in [-0.1, -0.05) is 0 Å². The molecule has 0 bridgehead atoms. The van der Waals surface area contributed by atoms with E-state index in [1.54, 1.807) is 14.2 Å². The van der Waals surface area contributed by atoms with Crippen LogP contribution in [-0.2, 0) is 16.8 Å². The maximum atomic E-state index is 12.2. The molecule has 2 heterocycles.